The maximum absolute atomic E-state index is 12.2. The first-order valence-electron chi connectivity index (χ1n) is 7.31. The number of aryl methyl sites for hydroxylation is 2. The minimum absolute atomic E-state index is 0.0822. The Kier molecular flexibility index (Phi) is 3.27. The fourth-order valence-corrected chi connectivity index (χ4v) is 3.93. The van der Waals surface area contributed by atoms with E-state index < -0.39 is 0 Å². The molecule has 8 heteroatoms. The normalized spacial score (nSPS) is 19.7. The number of aromatic nitrogens is 3. The molecule has 0 bridgehead atoms. The van der Waals surface area contributed by atoms with Crippen LogP contribution < -0.4 is 11.1 Å². The van der Waals surface area contributed by atoms with Gasteiger partial charge in [0.2, 0.25) is 0 Å². The van der Waals surface area contributed by atoms with Crippen LogP contribution in [0.1, 0.15) is 17.7 Å². The maximum Gasteiger partial charge on any atom is 0.323 e. The van der Waals surface area contributed by atoms with E-state index in [1.54, 1.807) is 11.2 Å². The number of amides is 2. The number of urea groups is 1. The van der Waals surface area contributed by atoms with Crippen LogP contribution in [0.5, 0.6) is 0 Å². The second-order valence-electron chi connectivity index (χ2n) is 5.62. The number of anilines is 1. The van der Waals surface area contributed by atoms with Gasteiger partial charge in [0.15, 0.2) is 5.13 Å². The van der Waals surface area contributed by atoms with E-state index in [1.807, 2.05) is 6.20 Å². The predicted octanol–water partition coefficient (Wildman–Crippen LogP) is 1.26. The summed E-state index contributed by atoms with van der Waals surface area (Å²) in [5.41, 5.74) is 8.93. The maximum atomic E-state index is 12.2. The number of carbonyl (C=O) groups is 1. The van der Waals surface area contributed by atoms with Crippen molar-refractivity contribution in [2.24, 2.45) is 5.73 Å². The zero-order valence-corrected chi connectivity index (χ0v) is 12.8. The van der Waals surface area contributed by atoms with Crippen molar-refractivity contribution in [3.8, 4) is 10.6 Å². The molecule has 1 fully saturated rings. The number of nitrogens with two attached hydrogens (primary N) is 1. The Bertz CT molecular complexity index is 730. The molecule has 7 nitrogen and oxygen atoms in total. The van der Waals surface area contributed by atoms with Crippen molar-refractivity contribution in [1.29, 1.82) is 0 Å². The molecule has 2 aromatic heterocycles. The monoisotopic (exact) mass is 316 g/mol. The number of hydrogen-bond acceptors (Lipinski definition) is 6. The third kappa shape index (κ3) is 2.34. The van der Waals surface area contributed by atoms with Crippen molar-refractivity contribution in [3.63, 3.8) is 0 Å². The number of thiazole rings is 1. The van der Waals surface area contributed by atoms with Crippen LogP contribution in [0, 0.1) is 0 Å². The van der Waals surface area contributed by atoms with E-state index >= 15 is 0 Å². The van der Waals surface area contributed by atoms with E-state index in [2.05, 4.69) is 20.3 Å². The number of likely N-dealkylation sites (tertiary alicyclic amines) is 1. The molecule has 1 saturated heterocycles. The lowest BCUT2D eigenvalue weighted by Gasteiger charge is -2.15. The summed E-state index contributed by atoms with van der Waals surface area (Å²) in [5, 5.41) is 3.51. The van der Waals surface area contributed by atoms with E-state index in [0.29, 0.717) is 18.2 Å². The van der Waals surface area contributed by atoms with Crippen molar-refractivity contribution in [2.75, 3.05) is 18.4 Å². The number of fused-ring (bicyclic) bond motifs is 3. The van der Waals surface area contributed by atoms with Crippen LogP contribution in [0.2, 0.25) is 0 Å². The van der Waals surface area contributed by atoms with Gasteiger partial charge < -0.3 is 10.6 Å². The summed E-state index contributed by atoms with van der Waals surface area (Å²) in [4.78, 5) is 28.0. The summed E-state index contributed by atoms with van der Waals surface area (Å²) >= 11 is 1.47. The number of nitrogens with zero attached hydrogens (tertiary/aromatic N) is 4. The van der Waals surface area contributed by atoms with Crippen LogP contribution in [-0.4, -0.2) is 45.0 Å². The number of carbonyl (C=O) groups excluding carboxylic acids is 1. The lowest BCUT2D eigenvalue weighted by atomic mass is 10.00. The molecule has 114 valence electrons. The molecule has 0 aromatic carbocycles. The summed E-state index contributed by atoms with van der Waals surface area (Å²) in [6.45, 7) is 1.31. The van der Waals surface area contributed by atoms with Crippen LogP contribution in [0.4, 0.5) is 9.93 Å². The van der Waals surface area contributed by atoms with Crippen LogP contribution in [0.25, 0.3) is 10.6 Å². The fourth-order valence-electron chi connectivity index (χ4n) is 2.90. The van der Waals surface area contributed by atoms with Crippen molar-refractivity contribution in [2.45, 2.75) is 25.3 Å². The molecule has 1 unspecified atom stereocenters. The van der Waals surface area contributed by atoms with Crippen molar-refractivity contribution in [3.05, 3.63) is 23.8 Å². The van der Waals surface area contributed by atoms with Crippen LogP contribution in [-0.2, 0) is 12.8 Å². The third-order valence-electron chi connectivity index (χ3n) is 4.06. The van der Waals surface area contributed by atoms with Gasteiger partial charge >= 0.3 is 6.03 Å². The van der Waals surface area contributed by atoms with Gasteiger partial charge in [0.05, 0.1) is 16.3 Å². The Balaban J connectivity index is 1.56. The smallest absolute Gasteiger partial charge is 0.323 e. The molecule has 0 radical (unpaired) electrons. The Morgan fingerprint density at radius 2 is 2.36 bits per heavy atom. The molecule has 3 heterocycles. The SMILES string of the molecule is NC1CCN(C(=O)Nc2nc3c(s2)-c2ncncc2CC3)C1. The number of rotatable bonds is 1. The molecule has 0 spiro atoms. The predicted molar refractivity (Wildman–Crippen MR) is 83.7 cm³/mol. The molecule has 1 aliphatic carbocycles. The van der Waals surface area contributed by atoms with Crippen LogP contribution >= 0.6 is 11.3 Å². The molecule has 4 rings (SSSR count). The highest BCUT2D eigenvalue weighted by atomic mass is 32.1. The Morgan fingerprint density at radius 3 is 3.18 bits per heavy atom. The van der Waals surface area contributed by atoms with Gasteiger partial charge in [-0.25, -0.2) is 19.7 Å². The van der Waals surface area contributed by atoms with Gasteiger partial charge in [-0.2, -0.15) is 0 Å². The topological polar surface area (TPSA) is 97.0 Å². The Labute approximate surface area is 131 Å². The summed E-state index contributed by atoms with van der Waals surface area (Å²) in [6.07, 6.45) is 6.01. The Morgan fingerprint density at radius 1 is 1.45 bits per heavy atom. The highest BCUT2D eigenvalue weighted by molar-refractivity contribution is 7.19. The quantitative estimate of drug-likeness (QED) is 0.825. The van der Waals surface area contributed by atoms with Crippen LogP contribution in [0.15, 0.2) is 12.5 Å². The molecule has 1 aliphatic heterocycles. The first-order valence-corrected chi connectivity index (χ1v) is 8.13. The van der Waals surface area contributed by atoms with Gasteiger partial charge in [-0.05, 0) is 24.8 Å². The second kappa shape index (κ2) is 5.29. The van der Waals surface area contributed by atoms with Gasteiger partial charge in [-0.15, -0.1) is 0 Å². The second-order valence-corrected chi connectivity index (χ2v) is 6.62. The molecular weight excluding hydrogens is 300 g/mol. The zero-order valence-electron chi connectivity index (χ0n) is 12.0. The average Bonchev–Trinajstić information content (AvgIpc) is 3.13. The standard InChI is InChI=1S/C14H16N6OS/c15-9-3-4-20(6-9)14(21)19-13-18-10-2-1-8-5-16-7-17-11(8)12(10)22-13/h5,7,9H,1-4,6,15H2,(H,18,19,21). The summed E-state index contributed by atoms with van der Waals surface area (Å²) in [7, 11) is 0. The fraction of sp³-hybridized carbons (Fsp3) is 0.429. The lowest BCUT2D eigenvalue weighted by molar-refractivity contribution is 0.222. The summed E-state index contributed by atoms with van der Waals surface area (Å²) in [5.74, 6) is 0. The average molecular weight is 316 g/mol. The minimum Gasteiger partial charge on any atom is -0.326 e. The molecule has 2 aromatic rings. The van der Waals surface area contributed by atoms with Gasteiger partial charge in [-0.1, -0.05) is 11.3 Å². The molecule has 2 aliphatic rings. The molecule has 2 amide bonds. The Hall–Kier alpha value is -2.06. The number of hydrogen-bond donors (Lipinski definition) is 2. The summed E-state index contributed by atoms with van der Waals surface area (Å²) in [6, 6.07) is -0.0409. The largest absolute Gasteiger partial charge is 0.326 e. The van der Waals surface area contributed by atoms with Crippen molar-refractivity contribution >= 4 is 22.5 Å². The minimum atomic E-state index is -0.123. The first-order chi connectivity index (χ1) is 10.7. The first kappa shape index (κ1) is 13.6. The van der Waals surface area contributed by atoms with E-state index in [-0.39, 0.29) is 12.1 Å². The van der Waals surface area contributed by atoms with E-state index in [0.717, 1.165) is 41.1 Å². The zero-order chi connectivity index (χ0) is 15.1. The van der Waals surface area contributed by atoms with Gasteiger partial charge in [0.25, 0.3) is 0 Å². The van der Waals surface area contributed by atoms with Crippen molar-refractivity contribution < 1.29 is 4.79 Å². The van der Waals surface area contributed by atoms with Gasteiger partial charge in [0.1, 0.15) is 6.33 Å². The molecule has 3 N–H and O–H groups in total. The van der Waals surface area contributed by atoms with E-state index in [1.165, 1.54) is 11.3 Å². The highest BCUT2D eigenvalue weighted by Crippen LogP contribution is 2.37. The molecule has 0 saturated carbocycles. The molecule has 1 atom stereocenters. The molecular formula is C14H16N6OS. The van der Waals surface area contributed by atoms with Gasteiger partial charge in [-0.3, -0.25) is 5.32 Å². The van der Waals surface area contributed by atoms with E-state index in [4.69, 9.17) is 5.73 Å². The van der Waals surface area contributed by atoms with Gasteiger partial charge in [0, 0.05) is 25.3 Å². The van der Waals surface area contributed by atoms with Crippen molar-refractivity contribution in [1.82, 2.24) is 19.9 Å². The lowest BCUT2D eigenvalue weighted by Crippen LogP contribution is -2.35. The number of nitrogens with one attached hydrogen (secondary N) is 1. The highest BCUT2D eigenvalue weighted by Gasteiger charge is 2.26. The van der Waals surface area contributed by atoms with Crippen LogP contribution in [0.3, 0.4) is 0 Å². The van der Waals surface area contributed by atoms with E-state index in [9.17, 15) is 4.79 Å². The third-order valence-corrected chi connectivity index (χ3v) is 5.08. The molecule has 22 heavy (non-hydrogen) atoms. The summed E-state index contributed by atoms with van der Waals surface area (Å²) < 4.78 is 0.